The van der Waals surface area contributed by atoms with Gasteiger partial charge in [-0.05, 0) is 35.7 Å². The summed E-state index contributed by atoms with van der Waals surface area (Å²) in [7, 11) is -1.88. The molecule has 1 heterocycles. The maximum Gasteiger partial charge on any atom is 0.240 e. The maximum absolute atomic E-state index is 12.4. The summed E-state index contributed by atoms with van der Waals surface area (Å²) in [5.74, 6) is -0.0245. The number of benzene rings is 2. The number of likely N-dealkylation sites (N-methyl/N-ethyl adjacent to an activating group) is 1. The smallest absolute Gasteiger partial charge is 0.240 e. The monoisotopic (exact) mass is 356 g/mol. The Bertz CT molecular complexity index is 906. The predicted octanol–water partition coefficient (Wildman–Crippen LogP) is 2.59. The fraction of sp³-hybridized carbons (Fsp3) is 0.211. The van der Waals surface area contributed by atoms with Gasteiger partial charge in [0.05, 0.1) is 11.3 Å². The Balaban J connectivity index is 1.60. The van der Waals surface area contributed by atoms with Crippen LogP contribution in [0.15, 0.2) is 59.5 Å². The summed E-state index contributed by atoms with van der Waals surface area (Å²) < 4.78 is 27.4. The van der Waals surface area contributed by atoms with E-state index in [0.717, 1.165) is 16.8 Å². The average Bonchev–Trinajstić information content (AvgIpc) is 2.89. The molecule has 0 atom stereocenters. The number of fused-ring (bicyclic) bond motifs is 1. The third-order valence-corrected chi connectivity index (χ3v) is 5.61. The van der Waals surface area contributed by atoms with E-state index in [9.17, 15) is 13.2 Å². The quantitative estimate of drug-likeness (QED) is 0.809. The SMILES string of the molecule is CN1C(=O)Cc2cc(S(=O)(=O)NCC/C=C/c3ccccc3)ccc21. The molecule has 1 aliphatic rings. The zero-order valence-corrected chi connectivity index (χ0v) is 14.8. The van der Waals surface area contributed by atoms with Gasteiger partial charge >= 0.3 is 0 Å². The number of anilines is 1. The van der Waals surface area contributed by atoms with Gasteiger partial charge in [0.25, 0.3) is 0 Å². The van der Waals surface area contributed by atoms with Gasteiger partial charge in [-0.2, -0.15) is 0 Å². The van der Waals surface area contributed by atoms with Crippen molar-refractivity contribution in [2.75, 3.05) is 18.5 Å². The van der Waals surface area contributed by atoms with Crippen LogP contribution in [0.5, 0.6) is 0 Å². The Kier molecular flexibility index (Phi) is 5.01. The zero-order valence-electron chi connectivity index (χ0n) is 14.0. The van der Waals surface area contributed by atoms with E-state index >= 15 is 0 Å². The van der Waals surface area contributed by atoms with Crippen molar-refractivity contribution in [2.45, 2.75) is 17.7 Å². The van der Waals surface area contributed by atoms with Gasteiger partial charge in [0.1, 0.15) is 0 Å². The van der Waals surface area contributed by atoms with E-state index < -0.39 is 10.0 Å². The molecule has 1 N–H and O–H groups in total. The number of amides is 1. The number of rotatable bonds is 6. The van der Waals surface area contributed by atoms with Crippen LogP contribution in [0.25, 0.3) is 6.08 Å². The van der Waals surface area contributed by atoms with Crippen molar-refractivity contribution in [1.82, 2.24) is 4.72 Å². The van der Waals surface area contributed by atoms with Crippen molar-refractivity contribution in [3.05, 3.63) is 65.7 Å². The molecule has 1 aliphatic heterocycles. The van der Waals surface area contributed by atoms with Crippen LogP contribution in [0.4, 0.5) is 5.69 Å². The molecule has 0 saturated heterocycles. The van der Waals surface area contributed by atoms with Gasteiger partial charge < -0.3 is 4.90 Å². The van der Waals surface area contributed by atoms with Crippen molar-refractivity contribution in [1.29, 1.82) is 0 Å². The fourth-order valence-corrected chi connectivity index (χ4v) is 3.86. The number of nitrogens with one attached hydrogen (secondary N) is 1. The second-order valence-corrected chi connectivity index (χ2v) is 7.69. The molecular weight excluding hydrogens is 336 g/mol. The first-order valence-corrected chi connectivity index (χ1v) is 9.56. The number of carbonyl (C=O) groups excluding carboxylic acids is 1. The molecule has 3 rings (SSSR count). The first kappa shape index (κ1) is 17.4. The number of sulfonamides is 1. The Hall–Kier alpha value is -2.44. The zero-order chi connectivity index (χ0) is 17.9. The summed E-state index contributed by atoms with van der Waals surface area (Å²) in [5, 5.41) is 0. The van der Waals surface area contributed by atoms with Gasteiger partial charge in [0.15, 0.2) is 0 Å². The van der Waals surface area contributed by atoms with Crippen molar-refractivity contribution >= 4 is 27.7 Å². The van der Waals surface area contributed by atoms with Crippen LogP contribution in [0.1, 0.15) is 17.5 Å². The molecule has 1 amide bonds. The second kappa shape index (κ2) is 7.21. The molecule has 6 heteroatoms. The lowest BCUT2D eigenvalue weighted by atomic mass is 10.2. The van der Waals surface area contributed by atoms with Crippen LogP contribution in [0.3, 0.4) is 0 Å². The highest BCUT2D eigenvalue weighted by atomic mass is 32.2. The molecule has 0 bridgehead atoms. The highest BCUT2D eigenvalue weighted by Gasteiger charge is 2.25. The lowest BCUT2D eigenvalue weighted by molar-refractivity contribution is -0.117. The van der Waals surface area contributed by atoms with Crippen LogP contribution >= 0.6 is 0 Å². The molecule has 0 aromatic heterocycles. The van der Waals surface area contributed by atoms with E-state index in [1.165, 1.54) is 6.07 Å². The number of nitrogens with zero attached hydrogens (tertiary/aromatic N) is 1. The van der Waals surface area contributed by atoms with Gasteiger partial charge in [-0.3, -0.25) is 4.79 Å². The predicted molar refractivity (Wildman–Crippen MR) is 98.8 cm³/mol. The molecule has 0 fully saturated rings. The maximum atomic E-state index is 12.4. The van der Waals surface area contributed by atoms with Gasteiger partial charge in [0, 0.05) is 19.3 Å². The van der Waals surface area contributed by atoms with Crippen molar-refractivity contribution in [3.8, 4) is 0 Å². The lowest BCUT2D eigenvalue weighted by Gasteiger charge is -2.11. The van der Waals surface area contributed by atoms with Crippen molar-refractivity contribution in [3.63, 3.8) is 0 Å². The molecule has 5 nitrogen and oxygen atoms in total. The molecule has 0 radical (unpaired) electrons. The molecule has 25 heavy (non-hydrogen) atoms. The van der Waals surface area contributed by atoms with Crippen LogP contribution in [0.2, 0.25) is 0 Å². The molecule has 2 aromatic rings. The summed E-state index contributed by atoms with van der Waals surface area (Å²) >= 11 is 0. The van der Waals surface area contributed by atoms with Crippen LogP contribution < -0.4 is 9.62 Å². The Morgan fingerprint density at radius 2 is 1.92 bits per heavy atom. The normalized spacial score (nSPS) is 14.3. The minimum atomic E-state index is -3.58. The highest BCUT2D eigenvalue weighted by molar-refractivity contribution is 7.89. The minimum absolute atomic E-state index is 0.0245. The first-order valence-electron chi connectivity index (χ1n) is 8.08. The molecule has 0 spiro atoms. The standard InChI is InChI=1S/C19H20N2O3S/c1-21-18-11-10-17(13-16(18)14-19(21)22)25(23,24)20-12-6-5-9-15-7-3-2-4-8-15/h2-5,7-11,13,20H,6,12,14H2,1H3/b9-5+. The van der Waals surface area contributed by atoms with E-state index in [0.29, 0.717) is 13.0 Å². The van der Waals surface area contributed by atoms with E-state index in [-0.39, 0.29) is 17.2 Å². The number of carbonyl (C=O) groups is 1. The van der Waals surface area contributed by atoms with Gasteiger partial charge in [-0.15, -0.1) is 0 Å². The Labute approximate surface area is 148 Å². The molecule has 0 saturated carbocycles. The van der Waals surface area contributed by atoms with E-state index in [1.54, 1.807) is 24.1 Å². The third-order valence-electron chi connectivity index (χ3n) is 4.15. The van der Waals surface area contributed by atoms with Gasteiger partial charge in [-0.1, -0.05) is 42.5 Å². The average molecular weight is 356 g/mol. The number of hydrogen-bond acceptors (Lipinski definition) is 3. The van der Waals surface area contributed by atoms with Gasteiger partial charge in [0.2, 0.25) is 15.9 Å². The van der Waals surface area contributed by atoms with Crippen LogP contribution in [-0.4, -0.2) is 27.9 Å². The van der Waals surface area contributed by atoms with Crippen molar-refractivity contribution in [2.24, 2.45) is 0 Å². The molecule has 130 valence electrons. The summed E-state index contributed by atoms with van der Waals surface area (Å²) in [6, 6.07) is 14.6. The summed E-state index contributed by atoms with van der Waals surface area (Å²) in [6.07, 6.45) is 4.74. The minimum Gasteiger partial charge on any atom is -0.315 e. The second-order valence-electron chi connectivity index (χ2n) is 5.92. The fourth-order valence-electron chi connectivity index (χ4n) is 2.76. The van der Waals surface area contributed by atoms with E-state index in [2.05, 4.69) is 4.72 Å². The lowest BCUT2D eigenvalue weighted by Crippen LogP contribution is -2.24. The first-order chi connectivity index (χ1) is 12.0. The number of hydrogen-bond donors (Lipinski definition) is 1. The molecule has 0 aliphatic carbocycles. The van der Waals surface area contributed by atoms with Crippen molar-refractivity contribution < 1.29 is 13.2 Å². The van der Waals surface area contributed by atoms with Crippen LogP contribution in [0, 0.1) is 0 Å². The largest absolute Gasteiger partial charge is 0.315 e. The van der Waals surface area contributed by atoms with Gasteiger partial charge in [-0.25, -0.2) is 13.1 Å². The highest BCUT2D eigenvalue weighted by Crippen LogP contribution is 2.29. The van der Waals surface area contributed by atoms with Crippen LogP contribution in [-0.2, 0) is 21.2 Å². The Morgan fingerprint density at radius 3 is 2.68 bits per heavy atom. The topological polar surface area (TPSA) is 66.5 Å². The summed E-state index contributed by atoms with van der Waals surface area (Å²) in [4.78, 5) is 13.5. The van der Waals surface area contributed by atoms with E-state index in [4.69, 9.17) is 0 Å². The Morgan fingerprint density at radius 1 is 1.16 bits per heavy atom. The molecule has 0 unspecified atom stereocenters. The molecule has 2 aromatic carbocycles. The summed E-state index contributed by atoms with van der Waals surface area (Å²) in [5.41, 5.74) is 2.60. The third kappa shape index (κ3) is 3.97. The van der Waals surface area contributed by atoms with E-state index in [1.807, 2.05) is 42.5 Å². The molecular formula is C19H20N2O3S. The summed E-state index contributed by atoms with van der Waals surface area (Å²) in [6.45, 7) is 0.321.